The van der Waals surface area contributed by atoms with Crippen LogP contribution in [0.5, 0.6) is 0 Å². The summed E-state index contributed by atoms with van der Waals surface area (Å²) in [6, 6.07) is 5.61. The number of nitrogens with two attached hydrogens (primary N) is 1. The average Bonchev–Trinajstić information content (AvgIpc) is 2.68. The number of rotatable bonds is 12. The molecule has 0 aliphatic heterocycles. The van der Waals surface area contributed by atoms with Crippen LogP contribution in [-0.4, -0.2) is 54.6 Å². The van der Waals surface area contributed by atoms with Gasteiger partial charge in [0.1, 0.15) is 6.04 Å². The second-order valence-corrected chi connectivity index (χ2v) is 6.60. The molecule has 1 amide bonds. The van der Waals surface area contributed by atoms with Gasteiger partial charge in [-0.05, 0) is 64.0 Å². The van der Waals surface area contributed by atoms with E-state index in [2.05, 4.69) is 10.0 Å². The molecule has 28 heavy (non-hydrogen) atoms. The number of nitrogens with one attached hydrogen (secondary N) is 2. The molecule has 0 heterocycles. The Morgan fingerprint density at radius 2 is 1.82 bits per heavy atom. The standard InChI is InChI=1S/C17H27FN4O3S.C2H6/c1-22(2)15(11-12-6-8-13(9-7-12)21-26-18)16(23)20-14(17(24)25)5-3-4-10-19;1-2/h6-9,14-15,21H,3-5,10-11,19H2,1-2H3,(H,20,23)(H,24,25);1-2H3. The Kier molecular flexibility index (Phi) is 14.1. The summed E-state index contributed by atoms with van der Waals surface area (Å²) in [6.07, 6.45) is 2.12. The number of aliphatic carboxylic acids is 1. The van der Waals surface area contributed by atoms with Gasteiger partial charge in [0.25, 0.3) is 0 Å². The van der Waals surface area contributed by atoms with Crippen molar-refractivity contribution in [2.75, 3.05) is 25.4 Å². The largest absolute Gasteiger partial charge is 0.480 e. The minimum atomic E-state index is -1.05. The van der Waals surface area contributed by atoms with E-state index in [0.717, 1.165) is 5.56 Å². The average molecular weight is 417 g/mol. The van der Waals surface area contributed by atoms with Crippen molar-refractivity contribution >= 4 is 29.9 Å². The Morgan fingerprint density at radius 3 is 2.29 bits per heavy atom. The van der Waals surface area contributed by atoms with Crippen molar-refractivity contribution in [3.8, 4) is 0 Å². The first-order valence-electron chi connectivity index (χ1n) is 9.41. The Morgan fingerprint density at radius 1 is 1.21 bits per heavy atom. The molecule has 5 N–H and O–H groups in total. The molecule has 0 aromatic heterocycles. The third-order valence-electron chi connectivity index (χ3n) is 4.03. The maximum atomic E-state index is 12.6. The van der Waals surface area contributed by atoms with Crippen LogP contribution in [0.2, 0.25) is 0 Å². The highest BCUT2D eigenvalue weighted by Crippen LogP contribution is 2.16. The number of amides is 1. The smallest absolute Gasteiger partial charge is 0.326 e. The molecule has 1 aromatic rings. The molecule has 1 aromatic carbocycles. The van der Waals surface area contributed by atoms with Crippen LogP contribution in [0.1, 0.15) is 38.7 Å². The number of hydrogen-bond donors (Lipinski definition) is 4. The molecule has 0 radical (unpaired) electrons. The van der Waals surface area contributed by atoms with E-state index in [0.29, 0.717) is 37.9 Å². The van der Waals surface area contributed by atoms with Crippen molar-refractivity contribution in [1.82, 2.24) is 10.2 Å². The van der Waals surface area contributed by atoms with Gasteiger partial charge in [-0.2, -0.15) is 0 Å². The zero-order chi connectivity index (χ0) is 21.5. The van der Waals surface area contributed by atoms with Crippen LogP contribution in [0.4, 0.5) is 9.57 Å². The zero-order valence-corrected chi connectivity index (χ0v) is 17.9. The molecular formula is C19H33FN4O3S. The van der Waals surface area contributed by atoms with E-state index in [9.17, 15) is 18.6 Å². The first kappa shape index (κ1) is 26.2. The second-order valence-electron chi connectivity index (χ2n) is 6.24. The number of carbonyl (C=O) groups excluding carboxylic acids is 1. The molecule has 0 saturated heterocycles. The second kappa shape index (κ2) is 15.1. The summed E-state index contributed by atoms with van der Waals surface area (Å²) in [5.74, 6) is -1.39. The topological polar surface area (TPSA) is 108 Å². The van der Waals surface area contributed by atoms with Gasteiger partial charge in [-0.15, -0.1) is 3.89 Å². The molecule has 7 nitrogen and oxygen atoms in total. The summed E-state index contributed by atoms with van der Waals surface area (Å²) in [7, 11) is 3.54. The van der Waals surface area contributed by atoms with Gasteiger partial charge in [-0.25, -0.2) is 4.79 Å². The molecule has 0 fully saturated rings. The highest BCUT2D eigenvalue weighted by atomic mass is 32.2. The highest BCUT2D eigenvalue weighted by molar-refractivity contribution is 7.95. The van der Waals surface area contributed by atoms with E-state index in [-0.39, 0.29) is 18.2 Å². The van der Waals surface area contributed by atoms with Gasteiger partial charge in [-0.3, -0.25) is 9.69 Å². The quantitative estimate of drug-likeness (QED) is 0.306. The number of halogens is 1. The lowest BCUT2D eigenvalue weighted by atomic mass is 10.0. The SMILES string of the molecule is CC.CN(C)C(Cc1ccc(NSF)cc1)C(=O)NC(CCCCN)C(=O)O. The van der Waals surface area contributed by atoms with Gasteiger partial charge in [0.2, 0.25) is 5.91 Å². The van der Waals surface area contributed by atoms with Crippen LogP contribution in [0, 0.1) is 0 Å². The normalized spacial score (nSPS) is 12.5. The molecule has 0 spiro atoms. The van der Waals surface area contributed by atoms with Crippen LogP contribution in [0.15, 0.2) is 24.3 Å². The number of nitrogens with zero attached hydrogens (tertiary/aromatic N) is 1. The van der Waals surface area contributed by atoms with Crippen LogP contribution in [0.3, 0.4) is 0 Å². The monoisotopic (exact) mass is 416 g/mol. The fourth-order valence-corrected chi connectivity index (χ4v) is 2.73. The van der Waals surface area contributed by atoms with Crippen molar-refractivity contribution in [2.24, 2.45) is 5.73 Å². The van der Waals surface area contributed by atoms with E-state index < -0.39 is 18.1 Å². The Balaban J connectivity index is 0.00000352. The molecule has 9 heteroatoms. The molecule has 0 saturated carbocycles. The van der Waals surface area contributed by atoms with Crippen LogP contribution < -0.4 is 15.8 Å². The maximum absolute atomic E-state index is 12.6. The number of carbonyl (C=O) groups is 2. The van der Waals surface area contributed by atoms with Gasteiger partial charge < -0.3 is 20.9 Å². The van der Waals surface area contributed by atoms with E-state index in [1.54, 1.807) is 43.3 Å². The lowest BCUT2D eigenvalue weighted by Crippen LogP contribution is -2.50. The van der Waals surface area contributed by atoms with E-state index in [1.165, 1.54) is 0 Å². The minimum absolute atomic E-state index is 0.0160. The first-order chi connectivity index (χ1) is 13.4. The van der Waals surface area contributed by atoms with Crippen LogP contribution in [-0.2, 0) is 16.0 Å². The summed E-state index contributed by atoms with van der Waals surface area (Å²) in [5.41, 5.74) is 6.94. The first-order valence-corrected chi connectivity index (χ1v) is 10.1. The third kappa shape index (κ3) is 9.91. The minimum Gasteiger partial charge on any atom is -0.480 e. The number of hydrogen-bond acceptors (Lipinski definition) is 6. The van der Waals surface area contributed by atoms with Crippen molar-refractivity contribution in [3.05, 3.63) is 29.8 Å². The molecule has 0 bridgehead atoms. The number of unbranched alkanes of at least 4 members (excludes halogenated alkanes) is 1. The van der Waals surface area contributed by atoms with Crippen molar-refractivity contribution < 1.29 is 18.6 Å². The van der Waals surface area contributed by atoms with Gasteiger partial charge in [0, 0.05) is 5.69 Å². The summed E-state index contributed by atoms with van der Waals surface area (Å²) >= 11 is 0.0160. The lowest BCUT2D eigenvalue weighted by molar-refractivity contribution is -0.142. The van der Waals surface area contributed by atoms with Crippen molar-refractivity contribution in [1.29, 1.82) is 0 Å². The van der Waals surface area contributed by atoms with Gasteiger partial charge >= 0.3 is 5.97 Å². The molecule has 160 valence electrons. The zero-order valence-electron chi connectivity index (χ0n) is 17.1. The Hall–Kier alpha value is -1.84. The molecule has 2 unspecified atom stereocenters. The molecular weight excluding hydrogens is 383 g/mol. The predicted molar refractivity (Wildman–Crippen MR) is 114 cm³/mol. The highest BCUT2D eigenvalue weighted by Gasteiger charge is 2.26. The Bertz CT molecular complexity index is 573. The summed E-state index contributed by atoms with van der Waals surface area (Å²) in [5, 5.41) is 11.9. The summed E-state index contributed by atoms with van der Waals surface area (Å²) in [6.45, 7) is 4.49. The van der Waals surface area contributed by atoms with Crippen LogP contribution >= 0.6 is 12.3 Å². The molecule has 0 aliphatic carbocycles. The van der Waals surface area contributed by atoms with E-state index in [4.69, 9.17) is 5.73 Å². The molecule has 1 rings (SSSR count). The molecule has 0 aliphatic rings. The Labute approximate surface area is 171 Å². The number of anilines is 1. The number of carboxylic acid groups (broad SMARTS) is 1. The van der Waals surface area contributed by atoms with Crippen LogP contribution in [0.25, 0.3) is 0 Å². The van der Waals surface area contributed by atoms with Gasteiger partial charge in [0.05, 0.1) is 6.04 Å². The number of carboxylic acids is 1. The fourth-order valence-electron chi connectivity index (χ4n) is 2.50. The fraction of sp³-hybridized carbons (Fsp3) is 0.579. The van der Waals surface area contributed by atoms with Crippen molar-refractivity contribution in [3.63, 3.8) is 0 Å². The number of likely N-dealkylation sites (N-methyl/N-ethyl adjacent to an activating group) is 1. The lowest BCUT2D eigenvalue weighted by Gasteiger charge is -2.25. The summed E-state index contributed by atoms with van der Waals surface area (Å²) < 4.78 is 14.7. The van der Waals surface area contributed by atoms with E-state index >= 15 is 0 Å². The van der Waals surface area contributed by atoms with E-state index in [1.807, 2.05) is 13.8 Å². The van der Waals surface area contributed by atoms with Gasteiger partial charge in [0.15, 0.2) is 12.3 Å². The maximum Gasteiger partial charge on any atom is 0.326 e. The number of benzene rings is 1. The molecule has 2 atom stereocenters. The predicted octanol–water partition coefficient (Wildman–Crippen LogP) is 2.83. The van der Waals surface area contributed by atoms with Gasteiger partial charge in [-0.1, -0.05) is 26.0 Å². The van der Waals surface area contributed by atoms with Crippen molar-refractivity contribution in [2.45, 2.75) is 51.6 Å². The summed E-state index contributed by atoms with van der Waals surface area (Å²) in [4.78, 5) is 25.7. The third-order valence-corrected chi connectivity index (χ3v) is 4.34.